The van der Waals surface area contributed by atoms with E-state index < -0.39 is 5.91 Å². The number of nitrogens with two attached hydrogens (primary N) is 1. The van der Waals surface area contributed by atoms with Crippen LogP contribution in [0, 0.1) is 0 Å². The highest BCUT2D eigenvalue weighted by molar-refractivity contribution is 6.33. The summed E-state index contributed by atoms with van der Waals surface area (Å²) in [6, 6.07) is 8.98. The van der Waals surface area contributed by atoms with Gasteiger partial charge in [0, 0.05) is 50.7 Å². The fourth-order valence-electron chi connectivity index (χ4n) is 3.39. The van der Waals surface area contributed by atoms with Gasteiger partial charge in [0.15, 0.2) is 0 Å². The first-order valence-corrected chi connectivity index (χ1v) is 9.45. The molecule has 1 saturated heterocycles. The Balaban J connectivity index is 1.40. The van der Waals surface area contributed by atoms with Crippen molar-refractivity contribution in [1.29, 1.82) is 0 Å². The van der Waals surface area contributed by atoms with Gasteiger partial charge in [-0.15, -0.1) is 0 Å². The number of hydrogen-bond donors (Lipinski definition) is 1. The molecule has 1 aliphatic heterocycles. The van der Waals surface area contributed by atoms with Gasteiger partial charge < -0.3 is 15.0 Å². The smallest absolute Gasteiger partial charge is 0.248 e. The number of hydrogen-bond acceptors (Lipinski definition) is 4. The molecule has 0 spiro atoms. The van der Waals surface area contributed by atoms with Crippen LogP contribution in [0.2, 0.25) is 10.0 Å². The second-order valence-electron chi connectivity index (χ2n) is 6.64. The average molecular weight is 404 g/mol. The lowest BCUT2D eigenvalue weighted by atomic mass is 10.1. The maximum atomic E-state index is 11.3. The van der Waals surface area contributed by atoms with E-state index in [-0.39, 0.29) is 0 Å². The highest BCUT2D eigenvalue weighted by Crippen LogP contribution is 2.28. The van der Waals surface area contributed by atoms with Gasteiger partial charge >= 0.3 is 0 Å². The molecule has 2 N–H and O–H groups in total. The van der Waals surface area contributed by atoms with Gasteiger partial charge in [-0.2, -0.15) is 0 Å². The van der Waals surface area contributed by atoms with Crippen molar-refractivity contribution in [3.63, 3.8) is 0 Å². The number of amides is 1. The number of fused-ring (bicyclic) bond motifs is 1. The molecular formula is C19H19Cl2N5O. The molecule has 0 saturated carbocycles. The zero-order valence-corrected chi connectivity index (χ0v) is 16.1. The van der Waals surface area contributed by atoms with Crippen molar-refractivity contribution in [1.82, 2.24) is 14.3 Å². The van der Waals surface area contributed by atoms with E-state index in [1.807, 2.05) is 35.0 Å². The number of piperazine rings is 1. The number of nitrogens with zero attached hydrogens (tertiary/aromatic N) is 4. The van der Waals surface area contributed by atoms with E-state index in [2.05, 4.69) is 14.8 Å². The second-order valence-corrected chi connectivity index (χ2v) is 7.48. The zero-order chi connectivity index (χ0) is 19.0. The van der Waals surface area contributed by atoms with Crippen LogP contribution in [0.15, 0.2) is 42.7 Å². The molecule has 0 atom stereocenters. The van der Waals surface area contributed by atoms with Crippen LogP contribution in [-0.4, -0.2) is 46.4 Å². The lowest BCUT2D eigenvalue weighted by Crippen LogP contribution is -2.46. The first-order chi connectivity index (χ1) is 13.0. The third-order valence-electron chi connectivity index (χ3n) is 4.80. The first-order valence-electron chi connectivity index (χ1n) is 8.69. The number of anilines is 1. The molecule has 3 aromatic rings. The number of aromatic nitrogens is 2. The van der Waals surface area contributed by atoms with Gasteiger partial charge in [0.05, 0.1) is 21.4 Å². The van der Waals surface area contributed by atoms with Gasteiger partial charge in [-0.3, -0.25) is 9.69 Å². The van der Waals surface area contributed by atoms with Gasteiger partial charge in [0.2, 0.25) is 5.91 Å². The maximum absolute atomic E-state index is 11.3. The van der Waals surface area contributed by atoms with E-state index in [1.165, 1.54) is 0 Å². The first kappa shape index (κ1) is 18.1. The number of carbonyl (C=O) groups is 1. The summed E-state index contributed by atoms with van der Waals surface area (Å²) in [7, 11) is 0. The molecule has 0 bridgehead atoms. The number of imidazole rings is 1. The minimum absolute atomic E-state index is 0.425. The van der Waals surface area contributed by atoms with Gasteiger partial charge in [-0.05, 0) is 30.3 Å². The van der Waals surface area contributed by atoms with Gasteiger partial charge in [-0.25, -0.2) is 4.98 Å². The Hall–Kier alpha value is -2.28. The summed E-state index contributed by atoms with van der Waals surface area (Å²) >= 11 is 12.4. The van der Waals surface area contributed by atoms with Crippen molar-refractivity contribution in [3.8, 4) is 0 Å². The topological polar surface area (TPSA) is 66.9 Å². The minimum Gasteiger partial charge on any atom is -0.368 e. The number of rotatable bonds is 4. The van der Waals surface area contributed by atoms with Crippen molar-refractivity contribution in [2.24, 2.45) is 5.73 Å². The minimum atomic E-state index is -0.470. The SMILES string of the molecule is NC(=O)c1ccc(N2CCN(Cc3cn4cc(Cl)ccc4n3)CC2)c(Cl)c1. The molecule has 0 radical (unpaired) electrons. The molecule has 0 aliphatic carbocycles. The highest BCUT2D eigenvalue weighted by Gasteiger charge is 2.20. The molecule has 1 amide bonds. The third-order valence-corrected chi connectivity index (χ3v) is 5.32. The molecule has 1 fully saturated rings. The molecule has 4 rings (SSSR count). The second kappa shape index (κ2) is 7.38. The molecule has 140 valence electrons. The van der Waals surface area contributed by atoms with Crippen molar-refractivity contribution in [2.75, 3.05) is 31.1 Å². The molecule has 1 aliphatic rings. The maximum Gasteiger partial charge on any atom is 0.248 e. The summed E-state index contributed by atoms with van der Waals surface area (Å²) in [6.45, 7) is 4.32. The quantitative estimate of drug-likeness (QED) is 0.726. The van der Waals surface area contributed by atoms with Crippen LogP contribution in [0.3, 0.4) is 0 Å². The van der Waals surface area contributed by atoms with Crippen molar-refractivity contribution in [2.45, 2.75) is 6.54 Å². The lowest BCUT2D eigenvalue weighted by Gasteiger charge is -2.36. The Kier molecular flexibility index (Phi) is 4.95. The number of primary amides is 1. The Morgan fingerprint density at radius 1 is 1.07 bits per heavy atom. The summed E-state index contributed by atoms with van der Waals surface area (Å²) in [6.07, 6.45) is 3.89. The largest absolute Gasteiger partial charge is 0.368 e. The Labute approximate surface area is 167 Å². The molecule has 2 aromatic heterocycles. The van der Waals surface area contributed by atoms with Crippen LogP contribution < -0.4 is 10.6 Å². The summed E-state index contributed by atoms with van der Waals surface area (Å²) in [4.78, 5) is 20.5. The normalized spacial score (nSPS) is 15.4. The lowest BCUT2D eigenvalue weighted by molar-refractivity contribution is 0.100. The van der Waals surface area contributed by atoms with E-state index in [1.54, 1.807) is 12.1 Å². The van der Waals surface area contributed by atoms with Crippen molar-refractivity contribution >= 4 is 40.4 Å². The van der Waals surface area contributed by atoms with Crippen LogP contribution in [0.4, 0.5) is 5.69 Å². The van der Waals surface area contributed by atoms with Gasteiger partial charge in [0.1, 0.15) is 5.65 Å². The molecule has 3 heterocycles. The summed E-state index contributed by atoms with van der Waals surface area (Å²) in [5.74, 6) is -0.470. The zero-order valence-electron chi connectivity index (χ0n) is 14.6. The van der Waals surface area contributed by atoms with Crippen LogP contribution >= 0.6 is 23.2 Å². The Morgan fingerprint density at radius 3 is 2.56 bits per heavy atom. The number of halogens is 2. The Bertz CT molecular complexity index is 995. The van der Waals surface area contributed by atoms with Crippen LogP contribution in [0.25, 0.3) is 5.65 Å². The predicted octanol–water partition coefficient (Wildman–Crippen LogP) is 3.06. The molecule has 6 nitrogen and oxygen atoms in total. The number of benzene rings is 1. The van der Waals surface area contributed by atoms with Crippen LogP contribution in [-0.2, 0) is 6.54 Å². The summed E-state index contributed by atoms with van der Waals surface area (Å²) in [5.41, 5.74) is 8.59. The average Bonchev–Trinajstić information content (AvgIpc) is 3.03. The monoisotopic (exact) mass is 403 g/mol. The van der Waals surface area contributed by atoms with E-state index >= 15 is 0 Å². The van der Waals surface area contributed by atoms with Crippen molar-refractivity contribution in [3.05, 3.63) is 64.0 Å². The van der Waals surface area contributed by atoms with Crippen molar-refractivity contribution < 1.29 is 4.79 Å². The number of carbonyl (C=O) groups excluding carboxylic acids is 1. The molecule has 8 heteroatoms. The summed E-state index contributed by atoms with van der Waals surface area (Å²) in [5, 5.41) is 1.25. The van der Waals surface area contributed by atoms with Gasteiger partial charge in [0.25, 0.3) is 0 Å². The van der Waals surface area contributed by atoms with E-state index in [4.69, 9.17) is 28.9 Å². The molecular weight excluding hydrogens is 385 g/mol. The fraction of sp³-hybridized carbons (Fsp3) is 0.263. The van der Waals surface area contributed by atoms with Gasteiger partial charge in [-0.1, -0.05) is 23.2 Å². The molecule has 27 heavy (non-hydrogen) atoms. The van der Waals surface area contributed by atoms with Crippen LogP contribution in [0.5, 0.6) is 0 Å². The fourth-order valence-corrected chi connectivity index (χ4v) is 3.85. The van der Waals surface area contributed by atoms with E-state index in [0.29, 0.717) is 15.6 Å². The standard InChI is InChI=1S/C19H19Cl2N5O/c20-14-2-4-18-23-15(12-26(18)10-14)11-24-5-7-25(8-6-24)17-3-1-13(19(22)27)9-16(17)21/h1-4,9-10,12H,5-8,11H2,(H2,22,27). The van der Waals surface area contributed by atoms with E-state index in [9.17, 15) is 4.79 Å². The summed E-state index contributed by atoms with van der Waals surface area (Å²) < 4.78 is 1.95. The van der Waals surface area contributed by atoms with Crippen LogP contribution in [0.1, 0.15) is 16.1 Å². The van der Waals surface area contributed by atoms with E-state index in [0.717, 1.165) is 49.8 Å². The Morgan fingerprint density at radius 2 is 1.85 bits per heavy atom. The molecule has 0 unspecified atom stereocenters. The molecule has 1 aromatic carbocycles. The predicted molar refractivity (Wildman–Crippen MR) is 108 cm³/mol. The number of pyridine rings is 1. The third kappa shape index (κ3) is 3.88. The highest BCUT2D eigenvalue weighted by atomic mass is 35.5.